The average molecular weight is 293 g/mol. The SMILES string of the molecule is Cc1cc(C)nc(-n2nc(C3CC3)c(C(=O)O)c2Cl)n1. The Morgan fingerprint density at radius 1 is 1.35 bits per heavy atom. The minimum absolute atomic E-state index is 0.0596. The van der Waals surface area contributed by atoms with Crippen molar-refractivity contribution in [3.63, 3.8) is 0 Å². The molecule has 6 nitrogen and oxygen atoms in total. The van der Waals surface area contributed by atoms with E-state index in [1.807, 2.05) is 19.9 Å². The van der Waals surface area contributed by atoms with Gasteiger partial charge < -0.3 is 5.11 Å². The van der Waals surface area contributed by atoms with E-state index < -0.39 is 5.97 Å². The molecule has 3 rings (SSSR count). The number of carboxylic acid groups (broad SMARTS) is 1. The minimum Gasteiger partial charge on any atom is -0.478 e. The molecule has 2 heterocycles. The van der Waals surface area contributed by atoms with Crippen LogP contribution < -0.4 is 0 Å². The lowest BCUT2D eigenvalue weighted by Gasteiger charge is -2.03. The Kier molecular flexibility index (Phi) is 2.97. The summed E-state index contributed by atoms with van der Waals surface area (Å²) in [4.78, 5) is 19.9. The summed E-state index contributed by atoms with van der Waals surface area (Å²) in [7, 11) is 0. The van der Waals surface area contributed by atoms with Gasteiger partial charge in [-0.25, -0.2) is 14.8 Å². The van der Waals surface area contributed by atoms with Crippen LogP contribution in [-0.2, 0) is 0 Å². The maximum atomic E-state index is 11.4. The molecule has 0 saturated heterocycles. The van der Waals surface area contributed by atoms with Gasteiger partial charge in [-0.3, -0.25) is 0 Å². The second-order valence-corrected chi connectivity index (χ2v) is 5.35. The Balaban J connectivity index is 2.18. The molecule has 7 heteroatoms. The van der Waals surface area contributed by atoms with Crippen LogP contribution in [0.5, 0.6) is 0 Å². The predicted molar refractivity (Wildman–Crippen MR) is 72.6 cm³/mol. The minimum atomic E-state index is -1.06. The highest BCUT2D eigenvalue weighted by Crippen LogP contribution is 2.42. The fraction of sp³-hybridized carbons (Fsp3) is 0.385. The first-order valence-corrected chi connectivity index (χ1v) is 6.69. The summed E-state index contributed by atoms with van der Waals surface area (Å²) in [6.07, 6.45) is 1.89. The number of carbonyl (C=O) groups is 1. The molecule has 1 aliphatic carbocycles. The van der Waals surface area contributed by atoms with Crippen molar-refractivity contribution in [3.05, 3.63) is 33.9 Å². The van der Waals surface area contributed by atoms with Gasteiger partial charge in [-0.1, -0.05) is 11.6 Å². The van der Waals surface area contributed by atoms with Crippen molar-refractivity contribution in [1.82, 2.24) is 19.7 Å². The highest BCUT2D eigenvalue weighted by molar-refractivity contribution is 6.32. The number of rotatable bonds is 3. The van der Waals surface area contributed by atoms with E-state index in [0.29, 0.717) is 11.6 Å². The second-order valence-electron chi connectivity index (χ2n) is 4.99. The predicted octanol–water partition coefficient (Wildman–Crippen LogP) is 2.51. The quantitative estimate of drug-likeness (QED) is 0.940. The van der Waals surface area contributed by atoms with Gasteiger partial charge in [0.05, 0.1) is 5.69 Å². The van der Waals surface area contributed by atoms with Crippen molar-refractivity contribution in [1.29, 1.82) is 0 Å². The van der Waals surface area contributed by atoms with Crippen LogP contribution in [-0.4, -0.2) is 30.8 Å². The molecule has 1 N–H and O–H groups in total. The smallest absolute Gasteiger partial charge is 0.340 e. The summed E-state index contributed by atoms with van der Waals surface area (Å²) < 4.78 is 1.32. The Morgan fingerprint density at radius 2 is 1.95 bits per heavy atom. The van der Waals surface area contributed by atoms with Crippen molar-refractivity contribution < 1.29 is 9.90 Å². The molecule has 2 aromatic rings. The van der Waals surface area contributed by atoms with Crippen molar-refractivity contribution >= 4 is 17.6 Å². The van der Waals surface area contributed by atoms with E-state index in [-0.39, 0.29) is 16.6 Å². The summed E-state index contributed by atoms with van der Waals surface area (Å²) in [6.45, 7) is 3.69. The summed E-state index contributed by atoms with van der Waals surface area (Å²) in [5.41, 5.74) is 2.16. The molecule has 20 heavy (non-hydrogen) atoms. The molecule has 104 valence electrons. The number of aromatic carboxylic acids is 1. The molecule has 2 aromatic heterocycles. The van der Waals surface area contributed by atoms with Crippen LogP contribution in [0.2, 0.25) is 5.15 Å². The van der Waals surface area contributed by atoms with Crippen LogP contribution in [0.3, 0.4) is 0 Å². The van der Waals surface area contributed by atoms with E-state index in [2.05, 4.69) is 15.1 Å². The first-order valence-electron chi connectivity index (χ1n) is 6.31. The van der Waals surface area contributed by atoms with Gasteiger partial charge in [-0.05, 0) is 32.8 Å². The lowest BCUT2D eigenvalue weighted by Crippen LogP contribution is -2.06. The Labute approximate surface area is 120 Å². The summed E-state index contributed by atoms with van der Waals surface area (Å²) in [6, 6.07) is 1.83. The van der Waals surface area contributed by atoms with Crippen LogP contribution in [0, 0.1) is 13.8 Å². The molecule has 0 aromatic carbocycles. The molecular formula is C13H13ClN4O2. The zero-order chi connectivity index (χ0) is 14.4. The lowest BCUT2D eigenvalue weighted by atomic mass is 10.2. The van der Waals surface area contributed by atoms with E-state index in [4.69, 9.17) is 11.6 Å². The van der Waals surface area contributed by atoms with Crippen molar-refractivity contribution in [3.8, 4) is 5.95 Å². The lowest BCUT2D eigenvalue weighted by molar-refractivity contribution is 0.0696. The number of hydrogen-bond acceptors (Lipinski definition) is 4. The summed E-state index contributed by atoms with van der Waals surface area (Å²) in [5, 5.41) is 13.7. The van der Waals surface area contributed by atoms with Crippen LogP contribution in [0.25, 0.3) is 5.95 Å². The van der Waals surface area contributed by atoms with E-state index in [0.717, 1.165) is 24.2 Å². The third-order valence-corrected chi connectivity index (χ3v) is 3.54. The van der Waals surface area contributed by atoms with Crippen LogP contribution in [0.1, 0.15) is 46.2 Å². The third kappa shape index (κ3) is 2.16. The van der Waals surface area contributed by atoms with Crippen LogP contribution >= 0.6 is 11.6 Å². The highest BCUT2D eigenvalue weighted by atomic mass is 35.5. The molecule has 1 aliphatic rings. The second kappa shape index (κ2) is 4.56. The average Bonchev–Trinajstić information content (AvgIpc) is 3.11. The van der Waals surface area contributed by atoms with E-state index >= 15 is 0 Å². The normalized spacial score (nSPS) is 14.6. The molecule has 0 radical (unpaired) electrons. The van der Waals surface area contributed by atoms with Crippen molar-refractivity contribution in [2.24, 2.45) is 0 Å². The molecule has 0 amide bonds. The monoisotopic (exact) mass is 292 g/mol. The fourth-order valence-electron chi connectivity index (χ4n) is 2.19. The molecule has 0 atom stereocenters. The number of halogens is 1. The molecule has 0 bridgehead atoms. The van der Waals surface area contributed by atoms with Gasteiger partial charge in [-0.15, -0.1) is 0 Å². The number of carboxylic acids is 1. The maximum Gasteiger partial charge on any atom is 0.340 e. The molecule has 0 spiro atoms. The van der Waals surface area contributed by atoms with E-state index in [9.17, 15) is 9.90 Å². The zero-order valence-electron chi connectivity index (χ0n) is 11.1. The first kappa shape index (κ1) is 13.1. The molecule has 0 aliphatic heterocycles. The molecular weight excluding hydrogens is 280 g/mol. The van der Waals surface area contributed by atoms with Crippen molar-refractivity contribution in [2.75, 3.05) is 0 Å². The van der Waals surface area contributed by atoms with Gasteiger partial charge in [0, 0.05) is 17.3 Å². The van der Waals surface area contributed by atoms with Gasteiger partial charge in [0.25, 0.3) is 5.95 Å². The topological polar surface area (TPSA) is 80.9 Å². The number of aryl methyl sites for hydroxylation is 2. The standard InChI is InChI=1S/C13H13ClN4O2/c1-6-5-7(2)16-13(15-6)18-11(14)9(12(19)20)10(17-18)8-3-4-8/h5,8H,3-4H2,1-2H3,(H,19,20). The van der Waals surface area contributed by atoms with E-state index in [1.165, 1.54) is 4.68 Å². The van der Waals surface area contributed by atoms with Crippen LogP contribution in [0.15, 0.2) is 6.07 Å². The first-order chi connectivity index (χ1) is 9.47. The third-order valence-electron chi connectivity index (χ3n) is 3.19. The summed E-state index contributed by atoms with van der Waals surface area (Å²) in [5.74, 6) is -0.569. The van der Waals surface area contributed by atoms with Gasteiger partial charge >= 0.3 is 5.97 Å². The largest absolute Gasteiger partial charge is 0.478 e. The van der Waals surface area contributed by atoms with Gasteiger partial charge in [0.2, 0.25) is 0 Å². The van der Waals surface area contributed by atoms with Crippen molar-refractivity contribution in [2.45, 2.75) is 32.6 Å². The number of nitrogens with zero attached hydrogens (tertiary/aromatic N) is 4. The molecule has 1 saturated carbocycles. The zero-order valence-corrected chi connectivity index (χ0v) is 11.8. The highest BCUT2D eigenvalue weighted by Gasteiger charge is 2.34. The Hall–Kier alpha value is -1.95. The van der Waals surface area contributed by atoms with E-state index in [1.54, 1.807) is 0 Å². The Bertz CT molecular complexity index is 686. The van der Waals surface area contributed by atoms with Crippen LogP contribution in [0.4, 0.5) is 0 Å². The number of hydrogen-bond donors (Lipinski definition) is 1. The van der Waals surface area contributed by atoms with Gasteiger partial charge in [0.1, 0.15) is 5.56 Å². The fourth-order valence-corrected chi connectivity index (χ4v) is 2.48. The van der Waals surface area contributed by atoms with Gasteiger partial charge in [0.15, 0.2) is 5.15 Å². The molecule has 0 unspecified atom stereocenters. The Morgan fingerprint density at radius 3 is 2.45 bits per heavy atom. The summed E-state index contributed by atoms with van der Waals surface area (Å²) >= 11 is 6.18. The maximum absolute atomic E-state index is 11.4. The van der Waals surface area contributed by atoms with Gasteiger partial charge in [-0.2, -0.15) is 9.78 Å². The molecule has 1 fully saturated rings. The number of aromatic nitrogens is 4.